The van der Waals surface area contributed by atoms with E-state index in [2.05, 4.69) is 10.3 Å². The second kappa shape index (κ2) is 4.00. The number of carbonyl (C=O) groups is 1. The summed E-state index contributed by atoms with van der Waals surface area (Å²) in [6.45, 7) is 4.35. The Bertz CT molecular complexity index is 238. The van der Waals surface area contributed by atoms with E-state index in [1.54, 1.807) is 25.6 Å². The highest BCUT2D eigenvalue weighted by Crippen LogP contribution is 2.13. The summed E-state index contributed by atoms with van der Waals surface area (Å²) in [6.07, 6.45) is 1.10. The van der Waals surface area contributed by atoms with Gasteiger partial charge in [0, 0.05) is 12.3 Å². The Balaban J connectivity index is 2.56. The number of amidine groups is 1. The fourth-order valence-corrected chi connectivity index (χ4v) is 1.84. The average molecular weight is 201 g/mol. The maximum atomic E-state index is 11.0. The van der Waals surface area contributed by atoms with E-state index in [-0.39, 0.29) is 5.91 Å². The third-order valence-corrected chi connectivity index (χ3v) is 2.83. The number of nitrogens with one attached hydrogen (secondary N) is 1. The van der Waals surface area contributed by atoms with Crippen LogP contribution in [-0.2, 0) is 4.79 Å². The molecule has 1 amide bonds. The van der Waals surface area contributed by atoms with E-state index in [4.69, 9.17) is 5.73 Å². The van der Waals surface area contributed by atoms with Crippen LogP contribution in [-0.4, -0.2) is 28.9 Å². The largest absolute Gasteiger partial charge is 0.368 e. The molecule has 0 atom stereocenters. The Hall–Kier alpha value is -0.710. The van der Waals surface area contributed by atoms with Crippen molar-refractivity contribution >= 4 is 22.8 Å². The molecule has 1 rings (SSSR count). The van der Waals surface area contributed by atoms with Crippen molar-refractivity contribution in [3.8, 4) is 0 Å². The number of aliphatic imine (C=N–C) groups is 1. The molecule has 74 valence electrons. The third-order valence-electron chi connectivity index (χ3n) is 1.83. The number of hydrogen-bond donors (Lipinski definition) is 2. The van der Waals surface area contributed by atoms with Crippen LogP contribution in [0, 0.1) is 0 Å². The maximum Gasteiger partial charge on any atom is 0.242 e. The predicted octanol–water partition coefficient (Wildman–Crippen LogP) is 0.333. The van der Waals surface area contributed by atoms with Crippen LogP contribution in [0.4, 0.5) is 0 Å². The summed E-state index contributed by atoms with van der Waals surface area (Å²) >= 11 is 1.64. The van der Waals surface area contributed by atoms with Gasteiger partial charge in [-0.2, -0.15) is 0 Å². The second-order valence-electron chi connectivity index (χ2n) is 3.50. The van der Waals surface area contributed by atoms with Gasteiger partial charge in [0.2, 0.25) is 5.91 Å². The SMILES string of the molecule is CC(C)(NC1=NCCCS1)C(N)=O. The van der Waals surface area contributed by atoms with E-state index in [9.17, 15) is 4.79 Å². The van der Waals surface area contributed by atoms with Crippen LogP contribution in [0.5, 0.6) is 0 Å². The molecule has 0 spiro atoms. The number of rotatable bonds is 2. The third kappa shape index (κ3) is 2.91. The summed E-state index contributed by atoms with van der Waals surface area (Å²) in [5.41, 5.74) is 4.52. The zero-order valence-corrected chi connectivity index (χ0v) is 8.78. The topological polar surface area (TPSA) is 67.5 Å². The summed E-state index contributed by atoms with van der Waals surface area (Å²) in [7, 11) is 0. The molecule has 4 nitrogen and oxygen atoms in total. The van der Waals surface area contributed by atoms with Gasteiger partial charge < -0.3 is 11.1 Å². The number of hydrogen-bond acceptors (Lipinski definition) is 4. The van der Waals surface area contributed by atoms with Crippen LogP contribution in [0.2, 0.25) is 0 Å². The average Bonchev–Trinajstić information content (AvgIpc) is 2.05. The number of carbonyl (C=O) groups excluding carboxylic acids is 1. The molecule has 0 bridgehead atoms. The lowest BCUT2D eigenvalue weighted by atomic mass is 10.1. The zero-order valence-electron chi connectivity index (χ0n) is 7.96. The highest BCUT2D eigenvalue weighted by Gasteiger charge is 2.26. The number of nitrogens with two attached hydrogens (primary N) is 1. The van der Waals surface area contributed by atoms with Crippen LogP contribution in [0.25, 0.3) is 0 Å². The molecule has 0 saturated carbocycles. The molecule has 1 heterocycles. The molecule has 1 aliphatic heterocycles. The second-order valence-corrected chi connectivity index (χ2v) is 4.59. The minimum absolute atomic E-state index is 0.360. The Labute approximate surface area is 82.4 Å². The molecule has 0 unspecified atom stereocenters. The molecular weight excluding hydrogens is 186 g/mol. The van der Waals surface area contributed by atoms with Gasteiger partial charge in [0.25, 0.3) is 0 Å². The standard InChI is InChI=1S/C8H15N3OS/c1-8(2,6(9)12)11-7-10-4-3-5-13-7/h3-5H2,1-2H3,(H2,9,12)(H,10,11). The van der Waals surface area contributed by atoms with E-state index in [1.165, 1.54) is 0 Å². The van der Waals surface area contributed by atoms with Gasteiger partial charge in [0.1, 0.15) is 5.54 Å². The number of primary amides is 1. The molecule has 0 aliphatic carbocycles. The van der Waals surface area contributed by atoms with Crippen molar-refractivity contribution in [2.45, 2.75) is 25.8 Å². The number of amides is 1. The van der Waals surface area contributed by atoms with Gasteiger partial charge in [-0.3, -0.25) is 9.79 Å². The van der Waals surface area contributed by atoms with E-state index >= 15 is 0 Å². The fraction of sp³-hybridized carbons (Fsp3) is 0.750. The Morgan fingerprint density at radius 2 is 2.38 bits per heavy atom. The van der Waals surface area contributed by atoms with Gasteiger partial charge in [-0.15, -0.1) is 0 Å². The first-order valence-electron chi connectivity index (χ1n) is 4.28. The summed E-state index contributed by atoms with van der Waals surface area (Å²) in [5, 5.41) is 3.86. The first kappa shape index (κ1) is 10.4. The fourth-order valence-electron chi connectivity index (χ4n) is 0.864. The molecule has 3 N–H and O–H groups in total. The van der Waals surface area contributed by atoms with Gasteiger partial charge in [-0.25, -0.2) is 0 Å². The van der Waals surface area contributed by atoms with Crippen molar-refractivity contribution in [1.82, 2.24) is 5.32 Å². The molecule has 13 heavy (non-hydrogen) atoms. The van der Waals surface area contributed by atoms with Gasteiger partial charge in [-0.1, -0.05) is 11.8 Å². The van der Waals surface area contributed by atoms with Gasteiger partial charge in [-0.05, 0) is 20.3 Å². The number of thioether (sulfide) groups is 1. The molecule has 0 fully saturated rings. The van der Waals surface area contributed by atoms with Crippen molar-refractivity contribution < 1.29 is 4.79 Å². The Kier molecular flexibility index (Phi) is 3.19. The zero-order chi connectivity index (χ0) is 9.90. The van der Waals surface area contributed by atoms with Gasteiger partial charge in [0.15, 0.2) is 5.17 Å². The van der Waals surface area contributed by atoms with Crippen molar-refractivity contribution in [1.29, 1.82) is 0 Å². The van der Waals surface area contributed by atoms with Gasteiger partial charge >= 0.3 is 0 Å². The number of nitrogens with zero attached hydrogens (tertiary/aromatic N) is 1. The van der Waals surface area contributed by atoms with Crippen LogP contribution < -0.4 is 11.1 Å². The minimum atomic E-state index is -0.705. The first-order chi connectivity index (χ1) is 6.02. The van der Waals surface area contributed by atoms with E-state index in [0.29, 0.717) is 0 Å². The van der Waals surface area contributed by atoms with Gasteiger partial charge in [0.05, 0.1) is 0 Å². The lowest BCUT2D eigenvalue weighted by molar-refractivity contribution is -0.122. The first-order valence-corrected chi connectivity index (χ1v) is 5.26. The quantitative estimate of drug-likeness (QED) is 0.676. The predicted molar refractivity (Wildman–Crippen MR) is 55.8 cm³/mol. The smallest absolute Gasteiger partial charge is 0.242 e. The molecule has 1 aliphatic rings. The minimum Gasteiger partial charge on any atom is -0.368 e. The Morgan fingerprint density at radius 1 is 1.69 bits per heavy atom. The molecule has 0 radical (unpaired) electrons. The van der Waals surface area contributed by atoms with Crippen LogP contribution in [0.1, 0.15) is 20.3 Å². The molecule has 0 saturated heterocycles. The van der Waals surface area contributed by atoms with E-state index in [1.807, 2.05) is 0 Å². The van der Waals surface area contributed by atoms with Crippen molar-refractivity contribution in [2.24, 2.45) is 10.7 Å². The normalized spacial score (nSPS) is 17.8. The van der Waals surface area contributed by atoms with Crippen LogP contribution in [0.15, 0.2) is 4.99 Å². The highest BCUT2D eigenvalue weighted by atomic mass is 32.2. The van der Waals surface area contributed by atoms with E-state index < -0.39 is 5.54 Å². The lowest BCUT2D eigenvalue weighted by Crippen LogP contribution is -2.52. The molecular formula is C8H15N3OS. The van der Waals surface area contributed by atoms with Crippen LogP contribution >= 0.6 is 11.8 Å². The van der Waals surface area contributed by atoms with Crippen LogP contribution in [0.3, 0.4) is 0 Å². The maximum absolute atomic E-state index is 11.0. The molecule has 0 aromatic rings. The summed E-state index contributed by atoms with van der Waals surface area (Å²) < 4.78 is 0. The summed E-state index contributed by atoms with van der Waals surface area (Å²) in [4.78, 5) is 15.2. The lowest BCUT2D eigenvalue weighted by Gasteiger charge is -2.25. The molecule has 5 heteroatoms. The molecule has 0 aromatic carbocycles. The van der Waals surface area contributed by atoms with Crippen molar-refractivity contribution in [3.05, 3.63) is 0 Å². The van der Waals surface area contributed by atoms with Crippen molar-refractivity contribution in [3.63, 3.8) is 0 Å². The highest BCUT2D eigenvalue weighted by molar-refractivity contribution is 8.13. The Morgan fingerprint density at radius 3 is 2.85 bits per heavy atom. The summed E-state index contributed by atoms with van der Waals surface area (Å²) in [6, 6.07) is 0. The monoisotopic (exact) mass is 201 g/mol. The molecule has 0 aromatic heterocycles. The van der Waals surface area contributed by atoms with E-state index in [0.717, 1.165) is 23.9 Å². The van der Waals surface area contributed by atoms with Crippen molar-refractivity contribution in [2.75, 3.05) is 12.3 Å². The summed E-state index contributed by atoms with van der Waals surface area (Å²) in [5.74, 6) is 0.696.